The van der Waals surface area contributed by atoms with Crippen molar-refractivity contribution in [2.75, 3.05) is 0 Å². The lowest BCUT2D eigenvalue weighted by Crippen LogP contribution is -1.92. The second-order valence-corrected chi connectivity index (χ2v) is 7.83. The van der Waals surface area contributed by atoms with Crippen LogP contribution in [-0.4, -0.2) is 15.9 Å². The molecule has 118 valence electrons. The summed E-state index contributed by atoms with van der Waals surface area (Å²) in [5.41, 5.74) is 3.81. The smallest absolute Gasteiger partial charge is 0.215 e. The molecule has 0 aliphatic carbocycles. The highest BCUT2D eigenvalue weighted by atomic mass is 79.9. The van der Waals surface area contributed by atoms with E-state index in [-0.39, 0.29) is 5.88 Å². The first-order chi connectivity index (χ1) is 11.6. The Morgan fingerprint density at radius 1 is 1.12 bits per heavy atom. The number of para-hydroxylation sites is 1. The van der Waals surface area contributed by atoms with Crippen molar-refractivity contribution in [1.82, 2.24) is 4.57 Å². The molecule has 0 saturated carbocycles. The molecule has 0 fully saturated rings. The maximum atomic E-state index is 10.6. The van der Waals surface area contributed by atoms with E-state index in [1.807, 2.05) is 60.8 Å². The number of thiazole rings is 1. The lowest BCUT2D eigenvalue weighted by atomic mass is 10.1. The second kappa shape index (κ2) is 6.12. The van der Waals surface area contributed by atoms with Gasteiger partial charge in [0.1, 0.15) is 0 Å². The molecule has 0 amide bonds. The minimum Gasteiger partial charge on any atom is -0.493 e. The van der Waals surface area contributed by atoms with Crippen molar-refractivity contribution in [2.45, 2.75) is 0 Å². The van der Waals surface area contributed by atoms with Crippen molar-refractivity contribution in [3.8, 4) is 11.6 Å². The number of nitrogens with zero attached hydrogens (tertiary/aromatic N) is 2. The van der Waals surface area contributed by atoms with E-state index >= 15 is 0 Å². The molecule has 0 radical (unpaired) electrons. The molecule has 0 atom stereocenters. The van der Waals surface area contributed by atoms with Gasteiger partial charge in [-0.3, -0.25) is 9.56 Å². The third-order valence-corrected chi connectivity index (χ3v) is 5.58. The fraction of sp³-hybridized carbons (Fsp3) is 0. The maximum Gasteiger partial charge on any atom is 0.215 e. The molecule has 3 nitrogen and oxygen atoms in total. The summed E-state index contributed by atoms with van der Waals surface area (Å²) in [6, 6.07) is 15.6. The van der Waals surface area contributed by atoms with Crippen molar-refractivity contribution in [3.05, 3.63) is 67.4 Å². The van der Waals surface area contributed by atoms with Gasteiger partial charge in [0.05, 0.1) is 16.3 Å². The number of rotatable bonds is 2. The Hall–Kier alpha value is -2.02. The summed E-state index contributed by atoms with van der Waals surface area (Å²) in [6.07, 6.45) is 3.75. The quantitative estimate of drug-likeness (QED) is 0.522. The highest BCUT2D eigenvalue weighted by Gasteiger charge is 2.16. The zero-order chi connectivity index (χ0) is 16.7. The number of aliphatic imine (C=N–C) groups is 1. The van der Waals surface area contributed by atoms with Gasteiger partial charge < -0.3 is 5.11 Å². The van der Waals surface area contributed by atoms with Crippen molar-refractivity contribution < 1.29 is 5.11 Å². The fourth-order valence-electron chi connectivity index (χ4n) is 2.59. The number of hydrogen-bond acceptors (Lipinski definition) is 4. The molecule has 6 heteroatoms. The second-order valence-electron chi connectivity index (χ2n) is 5.24. The molecule has 1 aliphatic heterocycles. The molecule has 1 aliphatic rings. The van der Waals surface area contributed by atoms with Gasteiger partial charge in [0.25, 0.3) is 0 Å². The van der Waals surface area contributed by atoms with Gasteiger partial charge in [-0.15, -0.1) is 11.3 Å². The number of hydrogen-bond donors (Lipinski definition) is 1. The van der Waals surface area contributed by atoms with Gasteiger partial charge in [0.15, 0.2) is 3.95 Å². The van der Waals surface area contributed by atoms with Gasteiger partial charge in [-0.2, -0.15) is 0 Å². The molecule has 4 rings (SSSR count). The van der Waals surface area contributed by atoms with Gasteiger partial charge in [0.2, 0.25) is 5.88 Å². The molecule has 0 saturated heterocycles. The summed E-state index contributed by atoms with van der Waals surface area (Å²) in [6.45, 7) is 0. The molecule has 3 aromatic rings. The Kier molecular flexibility index (Phi) is 3.96. The molecule has 1 N–H and O–H groups in total. The highest BCUT2D eigenvalue weighted by molar-refractivity contribution is 9.10. The largest absolute Gasteiger partial charge is 0.493 e. The first-order valence-electron chi connectivity index (χ1n) is 7.19. The fourth-order valence-corrected chi connectivity index (χ4v) is 4.15. The zero-order valence-corrected chi connectivity index (χ0v) is 15.5. The standard InChI is InChI=1S/C18H11BrN2OS2/c19-12-5-7-13(8-6-12)21-17(22)16(24-18(21)23)9-11-10-20-15-4-2-1-3-14(11)15/h1-10,22H/b11-9+. The highest BCUT2D eigenvalue weighted by Crippen LogP contribution is 2.36. The average molecular weight is 415 g/mol. The molecule has 2 aromatic carbocycles. The number of aromatic nitrogens is 1. The molecule has 1 aromatic heterocycles. The van der Waals surface area contributed by atoms with Crippen molar-refractivity contribution >= 4 is 63.0 Å². The minimum atomic E-state index is 0.151. The van der Waals surface area contributed by atoms with E-state index in [0.717, 1.165) is 31.9 Å². The summed E-state index contributed by atoms with van der Waals surface area (Å²) in [5.74, 6) is 0.151. The van der Waals surface area contributed by atoms with Crippen LogP contribution in [0.3, 0.4) is 0 Å². The van der Waals surface area contributed by atoms with E-state index in [1.165, 1.54) is 11.3 Å². The Morgan fingerprint density at radius 3 is 2.67 bits per heavy atom. The zero-order valence-electron chi connectivity index (χ0n) is 12.3. The SMILES string of the molecule is Oc1c(/C=C2\C=Nc3ccccc32)sc(=S)n1-c1ccc(Br)cc1. The van der Waals surface area contributed by atoms with Gasteiger partial charge in [-0.05, 0) is 48.6 Å². The summed E-state index contributed by atoms with van der Waals surface area (Å²) in [7, 11) is 0. The van der Waals surface area contributed by atoms with Crippen molar-refractivity contribution in [1.29, 1.82) is 0 Å². The average Bonchev–Trinajstić information content (AvgIpc) is 3.11. The first kappa shape index (κ1) is 15.5. The Morgan fingerprint density at radius 2 is 1.88 bits per heavy atom. The van der Waals surface area contributed by atoms with Crippen LogP contribution >= 0.6 is 39.5 Å². The van der Waals surface area contributed by atoms with E-state index in [9.17, 15) is 5.11 Å². The molecule has 0 spiro atoms. The van der Waals surface area contributed by atoms with Crippen LogP contribution in [0.2, 0.25) is 0 Å². The van der Waals surface area contributed by atoms with Crippen LogP contribution in [-0.2, 0) is 0 Å². The molecule has 2 heterocycles. The predicted molar refractivity (Wildman–Crippen MR) is 106 cm³/mol. The van der Waals surface area contributed by atoms with Gasteiger partial charge in [0, 0.05) is 21.8 Å². The summed E-state index contributed by atoms with van der Waals surface area (Å²) in [4.78, 5) is 5.12. The van der Waals surface area contributed by atoms with Crippen LogP contribution in [0.1, 0.15) is 10.4 Å². The third-order valence-electron chi connectivity index (χ3n) is 3.74. The molecular weight excluding hydrogens is 404 g/mol. The number of benzene rings is 2. The number of fused-ring (bicyclic) bond motifs is 1. The van der Waals surface area contributed by atoms with E-state index in [2.05, 4.69) is 20.9 Å². The number of allylic oxidation sites excluding steroid dienone is 1. The first-order valence-corrected chi connectivity index (χ1v) is 9.21. The summed E-state index contributed by atoms with van der Waals surface area (Å²) >= 11 is 10.2. The maximum absolute atomic E-state index is 10.6. The van der Waals surface area contributed by atoms with E-state index in [0.29, 0.717) is 3.95 Å². The lowest BCUT2D eigenvalue weighted by molar-refractivity contribution is 0.441. The van der Waals surface area contributed by atoms with Crippen LogP contribution in [0.15, 0.2) is 58.0 Å². The van der Waals surface area contributed by atoms with Gasteiger partial charge in [-0.25, -0.2) is 0 Å². The van der Waals surface area contributed by atoms with E-state index < -0.39 is 0 Å². The van der Waals surface area contributed by atoms with Crippen LogP contribution in [0, 0.1) is 3.95 Å². The normalized spacial score (nSPS) is 14.3. The van der Waals surface area contributed by atoms with Gasteiger partial charge in [-0.1, -0.05) is 34.1 Å². The molecule has 0 bridgehead atoms. The summed E-state index contributed by atoms with van der Waals surface area (Å²) < 4.78 is 3.26. The van der Waals surface area contributed by atoms with Crippen LogP contribution in [0.5, 0.6) is 5.88 Å². The monoisotopic (exact) mass is 414 g/mol. The van der Waals surface area contributed by atoms with Crippen molar-refractivity contribution in [3.63, 3.8) is 0 Å². The molecule has 24 heavy (non-hydrogen) atoms. The third kappa shape index (κ3) is 2.66. The Bertz CT molecular complexity index is 1050. The predicted octanol–water partition coefficient (Wildman–Crippen LogP) is 5.99. The minimum absolute atomic E-state index is 0.151. The van der Waals surface area contributed by atoms with Crippen LogP contribution in [0.4, 0.5) is 5.69 Å². The molecule has 0 unspecified atom stereocenters. The topological polar surface area (TPSA) is 37.5 Å². The number of aromatic hydroxyl groups is 1. The van der Waals surface area contributed by atoms with Crippen LogP contribution < -0.4 is 0 Å². The Balaban J connectivity index is 1.81. The lowest BCUT2D eigenvalue weighted by Gasteiger charge is -2.05. The molecular formula is C18H11BrN2OS2. The van der Waals surface area contributed by atoms with Gasteiger partial charge >= 0.3 is 0 Å². The van der Waals surface area contributed by atoms with Crippen LogP contribution in [0.25, 0.3) is 17.3 Å². The van der Waals surface area contributed by atoms with E-state index in [1.54, 1.807) is 4.57 Å². The van der Waals surface area contributed by atoms with E-state index in [4.69, 9.17) is 12.2 Å². The number of halogens is 1. The van der Waals surface area contributed by atoms with Crippen molar-refractivity contribution in [2.24, 2.45) is 4.99 Å². The Labute approximate surface area is 156 Å². The summed E-state index contributed by atoms with van der Waals surface area (Å²) in [5, 5.41) is 10.6.